The summed E-state index contributed by atoms with van der Waals surface area (Å²) in [4.78, 5) is 11.0. The summed E-state index contributed by atoms with van der Waals surface area (Å²) in [5.74, 6) is -1.46. The van der Waals surface area contributed by atoms with Crippen molar-refractivity contribution in [1.29, 1.82) is 0 Å². The van der Waals surface area contributed by atoms with Crippen molar-refractivity contribution in [2.75, 3.05) is 11.9 Å². The smallest absolute Gasteiger partial charge is 0.220 e. The largest absolute Gasteiger partial charge is 0.379 e. The van der Waals surface area contributed by atoms with Crippen LogP contribution in [0, 0.1) is 11.6 Å². The molecule has 1 amide bonds. The summed E-state index contributed by atoms with van der Waals surface area (Å²) in [5, 5.41) is 5.51. The van der Waals surface area contributed by atoms with Gasteiger partial charge in [-0.25, -0.2) is 8.78 Å². The van der Waals surface area contributed by atoms with Gasteiger partial charge in [0.15, 0.2) is 5.82 Å². The first-order valence-corrected chi connectivity index (χ1v) is 5.62. The zero-order valence-corrected chi connectivity index (χ0v) is 9.65. The van der Waals surface area contributed by atoms with Gasteiger partial charge in [-0.1, -0.05) is 11.6 Å². The molecule has 0 spiro atoms. The van der Waals surface area contributed by atoms with Crippen molar-refractivity contribution in [3.05, 3.63) is 28.8 Å². The molecule has 6 heteroatoms. The monoisotopic (exact) mass is 260 g/mol. The molecule has 0 aliphatic carbocycles. The van der Waals surface area contributed by atoms with Crippen LogP contribution in [0.1, 0.15) is 12.8 Å². The fraction of sp³-hybridized carbons (Fsp3) is 0.364. The van der Waals surface area contributed by atoms with Gasteiger partial charge in [0.25, 0.3) is 0 Å². The number of carbonyl (C=O) groups excluding carboxylic acids is 1. The van der Waals surface area contributed by atoms with E-state index in [1.165, 1.54) is 0 Å². The normalized spacial score (nSPS) is 19.2. The molecule has 2 N–H and O–H groups in total. The summed E-state index contributed by atoms with van der Waals surface area (Å²) < 4.78 is 26.2. The Kier molecular flexibility index (Phi) is 3.47. The van der Waals surface area contributed by atoms with E-state index in [2.05, 4.69) is 10.6 Å². The molecule has 17 heavy (non-hydrogen) atoms. The van der Waals surface area contributed by atoms with Crippen molar-refractivity contribution in [2.24, 2.45) is 0 Å². The maximum absolute atomic E-state index is 13.4. The minimum Gasteiger partial charge on any atom is -0.379 e. The summed E-state index contributed by atoms with van der Waals surface area (Å²) in [6.45, 7) is 0.369. The first-order chi connectivity index (χ1) is 8.06. The van der Waals surface area contributed by atoms with Gasteiger partial charge in [0.05, 0.1) is 10.7 Å². The van der Waals surface area contributed by atoms with E-state index in [0.29, 0.717) is 19.4 Å². The van der Waals surface area contributed by atoms with Gasteiger partial charge in [-0.2, -0.15) is 0 Å². The quantitative estimate of drug-likeness (QED) is 0.876. The lowest BCUT2D eigenvalue weighted by molar-refractivity contribution is -0.119. The molecule has 0 radical (unpaired) electrons. The van der Waals surface area contributed by atoms with Crippen LogP contribution in [0.3, 0.4) is 0 Å². The fourth-order valence-electron chi connectivity index (χ4n) is 1.77. The van der Waals surface area contributed by atoms with Crippen LogP contribution in [0.4, 0.5) is 14.5 Å². The molecule has 0 aromatic heterocycles. The molecule has 3 nitrogen and oxygen atoms in total. The average Bonchev–Trinajstić information content (AvgIpc) is 2.62. The topological polar surface area (TPSA) is 41.1 Å². The van der Waals surface area contributed by atoms with Gasteiger partial charge < -0.3 is 10.6 Å². The molecule has 1 unspecified atom stereocenters. The average molecular weight is 261 g/mol. The molecule has 1 saturated heterocycles. The van der Waals surface area contributed by atoms with Gasteiger partial charge >= 0.3 is 0 Å². The molecule has 1 aliphatic heterocycles. The molecule has 1 aromatic rings. The molecule has 0 bridgehead atoms. The number of benzene rings is 1. The standard InChI is InChI=1S/C11H11ClF2N2O/c12-8-3-6(13)4-9(14)11(8)15-5-7-1-2-10(17)16-7/h3-4,7,15H,1-2,5H2,(H,16,17). The van der Waals surface area contributed by atoms with E-state index < -0.39 is 11.6 Å². The zero-order valence-electron chi connectivity index (χ0n) is 8.90. The third-order valence-corrected chi connectivity index (χ3v) is 2.92. The number of amides is 1. The van der Waals surface area contributed by atoms with Gasteiger partial charge in [0.2, 0.25) is 5.91 Å². The van der Waals surface area contributed by atoms with Gasteiger partial charge in [0.1, 0.15) is 5.82 Å². The third-order valence-electron chi connectivity index (χ3n) is 2.62. The third kappa shape index (κ3) is 2.85. The first kappa shape index (κ1) is 12.1. The van der Waals surface area contributed by atoms with Gasteiger partial charge in [0, 0.05) is 25.1 Å². The van der Waals surface area contributed by atoms with Crippen molar-refractivity contribution in [3.8, 4) is 0 Å². The lowest BCUT2D eigenvalue weighted by Gasteiger charge is -2.14. The highest BCUT2D eigenvalue weighted by atomic mass is 35.5. The van der Waals surface area contributed by atoms with Crippen LogP contribution in [0.25, 0.3) is 0 Å². The van der Waals surface area contributed by atoms with E-state index in [-0.39, 0.29) is 22.7 Å². The number of halogens is 3. The van der Waals surface area contributed by atoms with Gasteiger partial charge in [-0.15, -0.1) is 0 Å². The lowest BCUT2D eigenvalue weighted by Crippen LogP contribution is -2.32. The Morgan fingerprint density at radius 1 is 1.47 bits per heavy atom. The number of hydrogen-bond acceptors (Lipinski definition) is 2. The molecule has 1 fully saturated rings. The number of carbonyl (C=O) groups is 1. The molecule has 2 rings (SSSR count). The molecule has 1 atom stereocenters. The molecule has 92 valence electrons. The summed E-state index contributed by atoms with van der Waals surface area (Å²) in [6, 6.07) is 1.77. The Hall–Kier alpha value is -1.36. The van der Waals surface area contributed by atoms with Crippen LogP contribution in [-0.4, -0.2) is 18.5 Å². The minimum atomic E-state index is -0.737. The van der Waals surface area contributed by atoms with Gasteiger partial charge in [-0.05, 0) is 12.5 Å². The maximum atomic E-state index is 13.4. The van der Waals surface area contributed by atoms with Crippen LogP contribution in [0.2, 0.25) is 5.02 Å². The predicted molar refractivity (Wildman–Crippen MR) is 61.0 cm³/mol. The van der Waals surface area contributed by atoms with E-state index in [9.17, 15) is 13.6 Å². The Morgan fingerprint density at radius 2 is 2.24 bits per heavy atom. The maximum Gasteiger partial charge on any atom is 0.220 e. The summed E-state index contributed by atoms with van der Waals surface area (Å²) in [6.07, 6.45) is 1.18. The Bertz CT molecular complexity index is 430. The second-order valence-electron chi connectivity index (χ2n) is 3.93. The highest BCUT2D eigenvalue weighted by Gasteiger charge is 2.21. The highest BCUT2D eigenvalue weighted by Crippen LogP contribution is 2.26. The van der Waals surface area contributed by atoms with Crippen LogP contribution in [-0.2, 0) is 4.79 Å². The zero-order chi connectivity index (χ0) is 12.4. The second kappa shape index (κ2) is 4.87. The summed E-state index contributed by atoms with van der Waals surface area (Å²) >= 11 is 5.72. The predicted octanol–water partition coefficient (Wildman–Crippen LogP) is 2.31. The van der Waals surface area contributed by atoms with Crippen molar-refractivity contribution in [3.63, 3.8) is 0 Å². The number of anilines is 1. The second-order valence-corrected chi connectivity index (χ2v) is 4.34. The van der Waals surface area contributed by atoms with Crippen LogP contribution >= 0.6 is 11.6 Å². The Labute approximate surface area is 102 Å². The molecule has 1 aliphatic rings. The minimum absolute atomic E-state index is 0.00757. The number of rotatable bonds is 3. The van der Waals surface area contributed by atoms with Crippen molar-refractivity contribution >= 4 is 23.2 Å². The van der Waals surface area contributed by atoms with Gasteiger partial charge in [-0.3, -0.25) is 4.79 Å². The van der Waals surface area contributed by atoms with Crippen molar-refractivity contribution in [2.45, 2.75) is 18.9 Å². The summed E-state index contributed by atoms with van der Waals surface area (Å²) in [7, 11) is 0. The Balaban J connectivity index is 2.01. The van der Waals surface area contributed by atoms with E-state index in [0.717, 1.165) is 12.1 Å². The van der Waals surface area contributed by atoms with Crippen LogP contribution in [0.15, 0.2) is 12.1 Å². The van der Waals surface area contributed by atoms with E-state index >= 15 is 0 Å². The highest BCUT2D eigenvalue weighted by molar-refractivity contribution is 6.33. The Morgan fingerprint density at radius 3 is 2.82 bits per heavy atom. The SMILES string of the molecule is O=C1CCC(CNc2c(F)cc(F)cc2Cl)N1. The van der Waals surface area contributed by atoms with Crippen molar-refractivity contribution < 1.29 is 13.6 Å². The number of nitrogens with one attached hydrogen (secondary N) is 2. The number of hydrogen-bond donors (Lipinski definition) is 2. The van der Waals surface area contributed by atoms with E-state index in [1.54, 1.807) is 0 Å². The van der Waals surface area contributed by atoms with E-state index in [4.69, 9.17) is 11.6 Å². The molecule has 1 heterocycles. The molecular formula is C11H11ClF2N2O. The lowest BCUT2D eigenvalue weighted by atomic mass is 10.2. The molecule has 0 saturated carbocycles. The summed E-state index contributed by atoms with van der Waals surface area (Å²) in [5.41, 5.74) is 0.0641. The first-order valence-electron chi connectivity index (χ1n) is 5.24. The molecule has 1 aromatic carbocycles. The van der Waals surface area contributed by atoms with Crippen molar-refractivity contribution in [1.82, 2.24) is 5.32 Å². The fourth-order valence-corrected chi connectivity index (χ4v) is 2.03. The van der Waals surface area contributed by atoms with E-state index in [1.807, 2.05) is 0 Å². The van der Waals surface area contributed by atoms with Crippen LogP contribution < -0.4 is 10.6 Å². The molecular weight excluding hydrogens is 250 g/mol. The van der Waals surface area contributed by atoms with Crippen LogP contribution in [0.5, 0.6) is 0 Å².